The zero-order chi connectivity index (χ0) is 27.9. The number of aryl methyl sites for hydroxylation is 1. The highest BCUT2D eigenvalue weighted by molar-refractivity contribution is 7.17. The van der Waals surface area contributed by atoms with Crippen LogP contribution in [0.5, 0.6) is 5.75 Å². The lowest BCUT2D eigenvalue weighted by molar-refractivity contribution is -0.142. The van der Waals surface area contributed by atoms with Crippen LogP contribution in [0.15, 0.2) is 60.0 Å². The molecule has 0 aliphatic carbocycles. The second-order valence-corrected chi connectivity index (χ2v) is 10.2. The minimum atomic E-state index is -4.77. The number of alkyl halides is 3. The van der Waals surface area contributed by atoms with Crippen molar-refractivity contribution in [2.24, 2.45) is 0 Å². The molecule has 0 fully saturated rings. The number of carbonyl (C=O) groups is 1. The molecule has 0 spiro atoms. The molecule has 0 bridgehead atoms. The van der Waals surface area contributed by atoms with Crippen LogP contribution in [0, 0.1) is 6.92 Å². The Kier molecular flexibility index (Phi) is 7.28. The van der Waals surface area contributed by atoms with Crippen LogP contribution >= 0.6 is 34.5 Å². The molecule has 0 aliphatic rings. The van der Waals surface area contributed by atoms with Gasteiger partial charge < -0.3 is 9.47 Å². The predicted molar refractivity (Wildman–Crippen MR) is 144 cm³/mol. The van der Waals surface area contributed by atoms with Gasteiger partial charge in [-0.2, -0.15) is 13.2 Å². The van der Waals surface area contributed by atoms with Crippen LogP contribution < -0.4 is 4.74 Å². The van der Waals surface area contributed by atoms with Gasteiger partial charge in [0, 0.05) is 15.5 Å². The summed E-state index contributed by atoms with van der Waals surface area (Å²) in [5.41, 5.74) is 1.71. The average Bonchev–Trinajstić information content (AvgIpc) is 3.51. The van der Waals surface area contributed by atoms with E-state index in [1.165, 1.54) is 30.6 Å². The summed E-state index contributed by atoms with van der Waals surface area (Å²) in [7, 11) is 1.34. The zero-order valence-electron chi connectivity index (χ0n) is 20.3. The molecule has 0 radical (unpaired) electrons. The topological polar surface area (TPSA) is 66.2 Å². The Morgan fingerprint density at radius 2 is 1.82 bits per heavy atom. The first-order valence-electron chi connectivity index (χ1n) is 11.4. The highest BCUT2D eigenvalue weighted by Gasteiger charge is 2.39. The Balaban J connectivity index is 1.44. The van der Waals surface area contributed by atoms with Crippen LogP contribution in [-0.4, -0.2) is 28.1 Å². The van der Waals surface area contributed by atoms with E-state index in [1.807, 2.05) is 31.2 Å². The molecule has 2 aromatic heterocycles. The molecular formula is C27H18Cl2F3N3O3S. The van der Waals surface area contributed by atoms with Crippen LogP contribution in [0.25, 0.3) is 26.9 Å². The van der Waals surface area contributed by atoms with Gasteiger partial charge in [-0.1, -0.05) is 52.7 Å². The second-order valence-electron chi connectivity index (χ2n) is 8.48. The summed E-state index contributed by atoms with van der Waals surface area (Å²) in [5, 5.41) is 9.80. The smallest absolute Gasteiger partial charge is 0.437 e. The summed E-state index contributed by atoms with van der Waals surface area (Å²) in [6, 6.07) is 15.5. The number of ether oxygens (including phenoxy) is 2. The van der Waals surface area contributed by atoms with E-state index in [0.29, 0.717) is 11.3 Å². The number of aromatic nitrogens is 3. The molecule has 0 N–H and O–H groups in total. The number of methoxy groups -OCH3 is 1. The third-order valence-corrected chi connectivity index (χ3v) is 7.60. The lowest BCUT2D eigenvalue weighted by Gasteiger charge is -2.14. The number of halogens is 5. The Hall–Kier alpha value is -3.60. The van der Waals surface area contributed by atoms with Crippen LogP contribution in [0.4, 0.5) is 13.2 Å². The average molecular weight is 592 g/mol. The van der Waals surface area contributed by atoms with Gasteiger partial charge in [0.05, 0.1) is 22.7 Å². The Labute approximate surface area is 234 Å². The number of para-hydroxylation sites is 1. The van der Waals surface area contributed by atoms with Crippen molar-refractivity contribution in [2.75, 3.05) is 7.11 Å². The number of nitrogens with zero attached hydrogens (tertiary/aromatic N) is 3. The highest BCUT2D eigenvalue weighted by Crippen LogP contribution is 2.36. The lowest BCUT2D eigenvalue weighted by atomic mass is 9.99. The zero-order valence-corrected chi connectivity index (χ0v) is 22.7. The molecule has 0 saturated heterocycles. The molecule has 0 atom stereocenters. The van der Waals surface area contributed by atoms with Gasteiger partial charge in [-0.05, 0) is 53.9 Å². The van der Waals surface area contributed by atoms with Gasteiger partial charge in [-0.3, -0.25) is 0 Å². The fourth-order valence-electron chi connectivity index (χ4n) is 4.19. The Morgan fingerprint density at radius 1 is 1.08 bits per heavy atom. The Bertz CT molecular complexity index is 1700. The number of benzene rings is 3. The number of fused-ring (bicyclic) bond motifs is 1. The van der Waals surface area contributed by atoms with Crippen LogP contribution in [0.1, 0.15) is 27.3 Å². The van der Waals surface area contributed by atoms with E-state index in [-0.39, 0.29) is 21.4 Å². The number of hydrogen-bond donors (Lipinski definition) is 0. The standard InChI is InChI=1S/C27H18Cl2F3N3O3S/c1-14-10-16(7-9-17(14)15-6-8-18-19(26(36)37-2)13-39-23(18)11-15)38-12-22-25(27(30,31)32)33-34-35(22)24-20(28)4-3-5-21(24)29/h3-11,13H,12H2,1-2H3. The van der Waals surface area contributed by atoms with Gasteiger partial charge in [0.1, 0.15) is 23.7 Å². The molecule has 0 amide bonds. The van der Waals surface area contributed by atoms with E-state index in [4.69, 9.17) is 32.7 Å². The van der Waals surface area contributed by atoms with Crippen molar-refractivity contribution in [1.29, 1.82) is 0 Å². The number of carbonyl (C=O) groups excluding carboxylic acids is 1. The molecular weight excluding hydrogens is 574 g/mol. The minimum absolute atomic E-state index is 0.0771. The third-order valence-electron chi connectivity index (χ3n) is 6.05. The van der Waals surface area contributed by atoms with Crippen molar-refractivity contribution in [3.63, 3.8) is 0 Å². The molecule has 0 unspecified atom stereocenters. The molecule has 5 aromatic rings. The third kappa shape index (κ3) is 5.19. The summed E-state index contributed by atoms with van der Waals surface area (Å²) in [4.78, 5) is 12.0. The first-order valence-corrected chi connectivity index (χ1v) is 13.0. The lowest BCUT2D eigenvalue weighted by Crippen LogP contribution is -2.14. The van der Waals surface area contributed by atoms with Gasteiger partial charge in [-0.15, -0.1) is 16.4 Å². The molecule has 3 aromatic carbocycles. The first-order chi connectivity index (χ1) is 18.6. The maximum Gasteiger partial charge on any atom is 0.437 e. The van der Waals surface area contributed by atoms with Crippen LogP contribution in [0.3, 0.4) is 0 Å². The van der Waals surface area contributed by atoms with Crippen molar-refractivity contribution >= 4 is 50.6 Å². The van der Waals surface area contributed by atoms with Gasteiger partial charge in [-0.25, -0.2) is 9.48 Å². The summed E-state index contributed by atoms with van der Waals surface area (Å²) in [6.45, 7) is 1.39. The predicted octanol–water partition coefficient (Wildman–Crippen LogP) is 8.15. The maximum atomic E-state index is 13.7. The monoisotopic (exact) mass is 591 g/mol. The van der Waals surface area contributed by atoms with E-state index < -0.39 is 24.4 Å². The SMILES string of the molecule is COC(=O)c1csc2cc(-c3ccc(OCc4c(C(F)(F)F)nnn4-c4c(Cl)cccc4Cl)cc3C)ccc12. The first kappa shape index (κ1) is 27.0. The van der Waals surface area contributed by atoms with E-state index in [0.717, 1.165) is 31.5 Å². The van der Waals surface area contributed by atoms with E-state index >= 15 is 0 Å². The van der Waals surface area contributed by atoms with Crippen LogP contribution in [0.2, 0.25) is 10.0 Å². The van der Waals surface area contributed by atoms with Gasteiger partial charge >= 0.3 is 12.1 Å². The molecule has 5 rings (SSSR count). The van der Waals surface area contributed by atoms with Gasteiger partial charge in [0.25, 0.3) is 0 Å². The number of esters is 1. The molecule has 0 aliphatic heterocycles. The minimum Gasteiger partial charge on any atom is -0.487 e. The van der Waals surface area contributed by atoms with Crippen molar-refractivity contribution < 1.29 is 27.4 Å². The molecule has 6 nitrogen and oxygen atoms in total. The molecule has 0 saturated carbocycles. The van der Waals surface area contributed by atoms with Crippen molar-refractivity contribution in [2.45, 2.75) is 19.7 Å². The normalized spacial score (nSPS) is 11.7. The van der Waals surface area contributed by atoms with E-state index in [2.05, 4.69) is 10.3 Å². The number of hydrogen-bond acceptors (Lipinski definition) is 6. The second kappa shape index (κ2) is 10.5. The van der Waals surface area contributed by atoms with E-state index in [1.54, 1.807) is 23.6 Å². The summed E-state index contributed by atoms with van der Waals surface area (Å²) in [6.07, 6.45) is -4.77. The van der Waals surface area contributed by atoms with Crippen molar-refractivity contribution in [1.82, 2.24) is 15.0 Å². The van der Waals surface area contributed by atoms with Gasteiger partial charge in [0.15, 0.2) is 5.69 Å². The van der Waals surface area contributed by atoms with Crippen LogP contribution in [-0.2, 0) is 17.5 Å². The summed E-state index contributed by atoms with van der Waals surface area (Å²) < 4.78 is 53.7. The molecule has 12 heteroatoms. The fraction of sp³-hybridized carbons (Fsp3) is 0.148. The maximum absolute atomic E-state index is 13.7. The summed E-state index contributed by atoms with van der Waals surface area (Å²) in [5.74, 6) is -0.0405. The molecule has 2 heterocycles. The van der Waals surface area contributed by atoms with Gasteiger partial charge in [0.2, 0.25) is 0 Å². The number of thiophene rings is 1. The van der Waals surface area contributed by atoms with Crippen molar-refractivity contribution in [3.05, 3.63) is 92.5 Å². The highest BCUT2D eigenvalue weighted by atomic mass is 35.5. The molecule has 39 heavy (non-hydrogen) atoms. The molecule has 200 valence electrons. The quantitative estimate of drug-likeness (QED) is 0.186. The largest absolute Gasteiger partial charge is 0.487 e. The number of rotatable bonds is 6. The van der Waals surface area contributed by atoms with E-state index in [9.17, 15) is 18.0 Å². The summed E-state index contributed by atoms with van der Waals surface area (Å²) >= 11 is 13.9. The van der Waals surface area contributed by atoms with Crippen molar-refractivity contribution in [3.8, 4) is 22.6 Å². The fourth-order valence-corrected chi connectivity index (χ4v) is 5.71. The Morgan fingerprint density at radius 3 is 2.49 bits per heavy atom.